The van der Waals surface area contributed by atoms with E-state index in [0.717, 1.165) is 27.6 Å². The molecule has 0 saturated carbocycles. The number of rotatable bonds is 6. The standard InChI is InChI=1S/C30H30FN7O/c1-20-12-13-23-18-24(30(39)32-27(23)21(20)2)28(29-33-34-35-38(29)19-22-8-4-3-5-9-22)37-16-14-36(15-17-37)26-11-7-6-10-25(26)31/h3-13,18,28H,14-17,19H2,1-2H3,(H,32,39)/t28-/m0/s1. The molecule has 0 amide bonds. The third kappa shape index (κ3) is 4.81. The number of hydrogen-bond donors (Lipinski definition) is 1. The van der Waals surface area contributed by atoms with Gasteiger partial charge in [0.05, 0.1) is 17.7 Å². The van der Waals surface area contributed by atoms with E-state index in [9.17, 15) is 9.18 Å². The Morgan fingerprint density at radius 3 is 2.46 bits per heavy atom. The maximum atomic E-state index is 14.5. The number of aryl methyl sites for hydroxylation is 2. The highest BCUT2D eigenvalue weighted by atomic mass is 19.1. The van der Waals surface area contributed by atoms with Crippen molar-refractivity contribution in [1.29, 1.82) is 0 Å². The summed E-state index contributed by atoms with van der Waals surface area (Å²) in [5.74, 6) is 0.373. The summed E-state index contributed by atoms with van der Waals surface area (Å²) in [6, 6.07) is 22.5. The van der Waals surface area contributed by atoms with Crippen molar-refractivity contribution >= 4 is 16.6 Å². The van der Waals surface area contributed by atoms with E-state index in [1.165, 1.54) is 6.07 Å². The van der Waals surface area contributed by atoms with Crippen molar-refractivity contribution in [2.45, 2.75) is 26.4 Å². The normalized spacial score (nSPS) is 15.1. The van der Waals surface area contributed by atoms with Gasteiger partial charge in [-0.15, -0.1) is 5.10 Å². The number of aromatic amines is 1. The second-order valence-corrected chi connectivity index (χ2v) is 10.1. The Balaban J connectivity index is 1.41. The summed E-state index contributed by atoms with van der Waals surface area (Å²) in [7, 11) is 0. The largest absolute Gasteiger partial charge is 0.367 e. The van der Waals surface area contributed by atoms with Crippen LogP contribution < -0.4 is 10.5 Å². The van der Waals surface area contributed by atoms with Gasteiger partial charge >= 0.3 is 0 Å². The van der Waals surface area contributed by atoms with Crippen LogP contribution in [0, 0.1) is 19.7 Å². The number of hydrogen-bond acceptors (Lipinski definition) is 6. The van der Waals surface area contributed by atoms with Crippen LogP contribution >= 0.6 is 0 Å². The fourth-order valence-electron chi connectivity index (χ4n) is 5.45. The van der Waals surface area contributed by atoms with Crippen LogP contribution in [0.1, 0.15) is 34.1 Å². The van der Waals surface area contributed by atoms with Crippen molar-refractivity contribution in [1.82, 2.24) is 30.1 Å². The molecule has 6 rings (SSSR count). The van der Waals surface area contributed by atoms with Crippen molar-refractivity contribution in [3.63, 3.8) is 0 Å². The first kappa shape index (κ1) is 24.9. The van der Waals surface area contributed by atoms with Crippen LogP contribution in [0.2, 0.25) is 0 Å². The van der Waals surface area contributed by atoms with Crippen LogP contribution in [-0.4, -0.2) is 56.3 Å². The van der Waals surface area contributed by atoms with Crippen molar-refractivity contribution < 1.29 is 4.39 Å². The molecule has 0 radical (unpaired) electrons. The van der Waals surface area contributed by atoms with Crippen LogP contribution in [0.3, 0.4) is 0 Å². The number of aromatic nitrogens is 5. The van der Waals surface area contributed by atoms with Crippen LogP contribution in [0.4, 0.5) is 10.1 Å². The zero-order chi connectivity index (χ0) is 26.9. The third-order valence-electron chi connectivity index (χ3n) is 7.73. The molecule has 0 unspecified atom stereocenters. The number of anilines is 1. The molecule has 3 aromatic carbocycles. The van der Waals surface area contributed by atoms with Crippen molar-refractivity contribution in [3.05, 3.63) is 117 Å². The molecule has 1 fully saturated rings. The molecule has 8 nitrogen and oxygen atoms in total. The van der Waals surface area contributed by atoms with Gasteiger partial charge in [0.25, 0.3) is 5.56 Å². The van der Waals surface area contributed by atoms with E-state index in [2.05, 4.69) is 31.5 Å². The fourth-order valence-corrected chi connectivity index (χ4v) is 5.45. The average Bonchev–Trinajstić information content (AvgIpc) is 3.40. The summed E-state index contributed by atoms with van der Waals surface area (Å²) in [6.07, 6.45) is 0. The van der Waals surface area contributed by atoms with Crippen molar-refractivity contribution in [2.75, 3.05) is 31.1 Å². The molecule has 1 saturated heterocycles. The molecule has 0 aliphatic carbocycles. The Bertz CT molecular complexity index is 1670. The second-order valence-electron chi connectivity index (χ2n) is 10.1. The molecule has 39 heavy (non-hydrogen) atoms. The van der Waals surface area contributed by atoms with Crippen molar-refractivity contribution in [2.24, 2.45) is 0 Å². The summed E-state index contributed by atoms with van der Waals surface area (Å²) < 4.78 is 16.3. The average molecular weight is 524 g/mol. The molecule has 5 aromatic rings. The lowest BCUT2D eigenvalue weighted by Crippen LogP contribution is -2.49. The first-order valence-corrected chi connectivity index (χ1v) is 13.2. The molecule has 1 aliphatic heterocycles. The minimum Gasteiger partial charge on any atom is -0.367 e. The molecule has 1 atom stereocenters. The van der Waals surface area contributed by atoms with Gasteiger partial charge in [0.2, 0.25) is 0 Å². The molecule has 198 valence electrons. The first-order valence-electron chi connectivity index (χ1n) is 13.2. The minimum atomic E-state index is -0.471. The number of halogens is 1. The molecule has 0 bridgehead atoms. The zero-order valence-corrected chi connectivity index (χ0v) is 22.0. The fraction of sp³-hybridized carbons (Fsp3) is 0.267. The lowest BCUT2D eigenvalue weighted by Gasteiger charge is -2.39. The van der Waals surface area contributed by atoms with Gasteiger partial charge in [-0.1, -0.05) is 54.6 Å². The smallest absolute Gasteiger partial charge is 0.253 e. The number of pyridine rings is 1. The van der Waals surface area contributed by atoms with Gasteiger partial charge in [-0.3, -0.25) is 9.69 Å². The van der Waals surface area contributed by atoms with Gasteiger partial charge in [0.1, 0.15) is 11.9 Å². The Kier molecular flexibility index (Phi) is 6.66. The van der Waals surface area contributed by atoms with Crippen LogP contribution in [0.5, 0.6) is 0 Å². The van der Waals surface area contributed by atoms with E-state index in [1.807, 2.05) is 67.3 Å². The molecule has 3 heterocycles. The van der Waals surface area contributed by atoms with Gasteiger partial charge in [0.15, 0.2) is 5.82 Å². The quantitative estimate of drug-likeness (QED) is 0.359. The van der Waals surface area contributed by atoms with E-state index < -0.39 is 6.04 Å². The Hall–Kier alpha value is -4.37. The number of piperazine rings is 1. The molecular formula is C30H30FN7O. The molecular weight excluding hydrogens is 493 g/mol. The van der Waals surface area contributed by atoms with Crippen LogP contribution in [0.15, 0.2) is 77.6 Å². The Morgan fingerprint density at radius 2 is 1.69 bits per heavy atom. The Morgan fingerprint density at radius 1 is 0.949 bits per heavy atom. The molecule has 2 aromatic heterocycles. The number of tetrazole rings is 1. The zero-order valence-electron chi connectivity index (χ0n) is 22.0. The number of H-pyrrole nitrogens is 1. The summed E-state index contributed by atoms with van der Waals surface area (Å²) in [4.78, 5) is 21.1. The summed E-state index contributed by atoms with van der Waals surface area (Å²) in [5.41, 5.74) is 5.11. The number of para-hydroxylation sites is 1. The van der Waals surface area contributed by atoms with Crippen LogP contribution in [0.25, 0.3) is 10.9 Å². The summed E-state index contributed by atoms with van der Waals surface area (Å²) in [6.45, 7) is 6.99. The lowest BCUT2D eigenvalue weighted by molar-refractivity contribution is 0.200. The predicted octanol–water partition coefficient (Wildman–Crippen LogP) is 4.23. The summed E-state index contributed by atoms with van der Waals surface area (Å²) in [5, 5.41) is 13.7. The number of nitrogens with zero attached hydrogens (tertiary/aromatic N) is 6. The predicted molar refractivity (Wildman–Crippen MR) is 149 cm³/mol. The van der Waals surface area contributed by atoms with E-state index in [0.29, 0.717) is 49.8 Å². The molecule has 0 spiro atoms. The third-order valence-corrected chi connectivity index (χ3v) is 7.73. The summed E-state index contributed by atoms with van der Waals surface area (Å²) >= 11 is 0. The van der Waals surface area contributed by atoms with E-state index in [1.54, 1.807) is 16.8 Å². The highest BCUT2D eigenvalue weighted by molar-refractivity contribution is 5.83. The second kappa shape index (κ2) is 10.4. The lowest BCUT2D eigenvalue weighted by atomic mass is 9.99. The Labute approximate surface area is 225 Å². The monoisotopic (exact) mass is 523 g/mol. The number of fused-ring (bicyclic) bond motifs is 1. The highest BCUT2D eigenvalue weighted by Crippen LogP contribution is 2.30. The van der Waals surface area contributed by atoms with Gasteiger partial charge in [0, 0.05) is 31.7 Å². The highest BCUT2D eigenvalue weighted by Gasteiger charge is 2.33. The van der Waals surface area contributed by atoms with E-state index in [-0.39, 0.29) is 11.4 Å². The maximum Gasteiger partial charge on any atom is 0.253 e. The minimum absolute atomic E-state index is 0.160. The topological polar surface area (TPSA) is 82.9 Å². The SMILES string of the molecule is Cc1ccc2cc([C@@H](c3nnnn3Cc3ccccc3)N3CCN(c4ccccc4F)CC3)c(=O)[nH]c2c1C. The number of nitrogens with one attached hydrogen (secondary N) is 1. The maximum absolute atomic E-state index is 14.5. The molecule has 9 heteroatoms. The molecule has 1 N–H and O–H groups in total. The molecule has 1 aliphatic rings. The van der Waals surface area contributed by atoms with Gasteiger partial charge < -0.3 is 9.88 Å². The van der Waals surface area contributed by atoms with Crippen LogP contribution in [-0.2, 0) is 6.54 Å². The van der Waals surface area contributed by atoms with Gasteiger partial charge in [-0.05, 0) is 64.5 Å². The van der Waals surface area contributed by atoms with Gasteiger partial charge in [-0.2, -0.15) is 0 Å². The number of benzene rings is 3. The first-order chi connectivity index (χ1) is 19.0. The van der Waals surface area contributed by atoms with E-state index in [4.69, 9.17) is 0 Å². The van der Waals surface area contributed by atoms with E-state index >= 15 is 0 Å². The van der Waals surface area contributed by atoms with Crippen molar-refractivity contribution in [3.8, 4) is 0 Å². The van der Waals surface area contributed by atoms with Gasteiger partial charge in [-0.25, -0.2) is 9.07 Å².